The fourth-order valence-corrected chi connectivity index (χ4v) is 5.77. The van der Waals surface area contributed by atoms with Gasteiger partial charge in [-0.2, -0.15) is 0 Å². The predicted octanol–water partition coefficient (Wildman–Crippen LogP) is 3.75. The van der Waals surface area contributed by atoms with Crippen LogP contribution in [0, 0.1) is 0 Å². The highest BCUT2D eigenvalue weighted by atomic mass is 16.7. The van der Waals surface area contributed by atoms with Crippen LogP contribution in [0.15, 0.2) is 42.5 Å². The summed E-state index contributed by atoms with van der Waals surface area (Å²) in [7, 11) is 0. The lowest BCUT2D eigenvalue weighted by molar-refractivity contribution is -0.121. The van der Waals surface area contributed by atoms with Gasteiger partial charge in [-0.15, -0.1) is 0 Å². The van der Waals surface area contributed by atoms with Crippen molar-refractivity contribution in [2.24, 2.45) is 0 Å². The number of hydrogen-bond acceptors (Lipinski definition) is 4. The minimum absolute atomic E-state index is 0.0461. The van der Waals surface area contributed by atoms with E-state index in [2.05, 4.69) is 29.6 Å². The number of amides is 2. The average Bonchev–Trinajstić information content (AvgIpc) is 3.41. The van der Waals surface area contributed by atoms with Crippen molar-refractivity contribution in [3.63, 3.8) is 0 Å². The zero-order chi connectivity index (χ0) is 21.7. The van der Waals surface area contributed by atoms with Gasteiger partial charge in [-0.05, 0) is 72.8 Å². The number of benzene rings is 2. The molecule has 166 valence electrons. The summed E-state index contributed by atoms with van der Waals surface area (Å²) in [5, 5.41) is 3.15. The molecule has 1 unspecified atom stereocenters. The molecule has 0 radical (unpaired) electrons. The van der Waals surface area contributed by atoms with Gasteiger partial charge in [0.2, 0.25) is 12.7 Å². The number of carbonyl (C=O) groups excluding carboxylic acids is 2. The van der Waals surface area contributed by atoms with E-state index in [0.29, 0.717) is 29.5 Å². The number of fused-ring (bicyclic) bond motifs is 3. The molecule has 6 nitrogen and oxygen atoms in total. The molecule has 4 aliphatic rings. The van der Waals surface area contributed by atoms with Crippen molar-refractivity contribution in [1.82, 2.24) is 10.2 Å². The van der Waals surface area contributed by atoms with Gasteiger partial charge in [0.15, 0.2) is 11.5 Å². The van der Waals surface area contributed by atoms with Crippen LogP contribution in [0.5, 0.6) is 11.5 Å². The molecule has 2 aliphatic heterocycles. The summed E-state index contributed by atoms with van der Waals surface area (Å²) < 4.78 is 10.8. The molecule has 6 heteroatoms. The van der Waals surface area contributed by atoms with Gasteiger partial charge in [0.25, 0.3) is 5.91 Å². The van der Waals surface area contributed by atoms with Gasteiger partial charge in [0.1, 0.15) is 0 Å². The maximum absolute atomic E-state index is 13.1. The van der Waals surface area contributed by atoms with Crippen molar-refractivity contribution in [3.8, 4) is 11.5 Å². The average molecular weight is 433 g/mol. The minimum atomic E-state index is 0.0461. The monoisotopic (exact) mass is 432 g/mol. The van der Waals surface area contributed by atoms with E-state index in [4.69, 9.17) is 9.47 Å². The van der Waals surface area contributed by atoms with E-state index < -0.39 is 0 Å². The Balaban J connectivity index is 1.16. The van der Waals surface area contributed by atoms with Crippen LogP contribution in [0.4, 0.5) is 0 Å². The smallest absolute Gasteiger partial charge is 0.253 e. The molecule has 1 N–H and O–H groups in total. The Kier molecular flexibility index (Phi) is 4.63. The second kappa shape index (κ2) is 7.54. The van der Waals surface area contributed by atoms with Crippen LogP contribution in [0.3, 0.4) is 0 Å². The van der Waals surface area contributed by atoms with Crippen molar-refractivity contribution in [2.45, 2.75) is 55.9 Å². The Morgan fingerprint density at radius 1 is 1.03 bits per heavy atom. The zero-order valence-electron chi connectivity index (χ0n) is 18.1. The van der Waals surface area contributed by atoms with E-state index >= 15 is 0 Å². The highest BCUT2D eigenvalue weighted by molar-refractivity contribution is 5.95. The Labute approximate surface area is 187 Å². The number of piperidine rings is 1. The van der Waals surface area contributed by atoms with Gasteiger partial charge in [-0.1, -0.05) is 24.3 Å². The maximum atomic E-state index is 13.1. The van der Waals surface area contributed by atoms with E-state index in [0.717, 1.165) is 45.2 Å². The second-order valence-electron chi connectivity index (χ2n) is 9.67. The third kappa shape index (κ3) is 3.42. The summed E-state index contributed by atoms with van der Waals surface area (Å²) in [6.07, 6.45) is 5.65. The van der Waals surface area contributed by atoms with Crippen molar-refractivity contribution >= 4 is 11.8 Å². The normalized spacial score (nSPS) is 22.6. The van der Waals surface area contributed by atoms with Crippen LogP contribution in [0.1, 0.15) is 65.9 Å². The number of nitrogens with zero attached hydrogens (tertiary/aromatic N) is 1. The molecule has 0 bridgehead atoms. The summed E-state index contributed by atoms with van der Waals surface area (Å²) in [6.45, 7) is 1.66. The number of hydrogen-bond donors (Lipinski definition) is 1. The summed E-state index contributed by atoms with van der Waals surface area (Å²) in [5.74, 6) is 1.82. The molecule has 2 fully saturated rings. The van der Waals surface area contributed by atoms with E-state index in [-0.39, 0.29) is 29.9 Å². The molecule has 1 saturated heterocycles. The van der Waals surface area contributed by atoms with Crippen LogP contribution in [0.2, 0.25) is 0 Å². The highest BCUT2D eigenvalue weighted by Crippen LogP contribution is 2.52. The lowest BCUT2D eigenvalue weighted by Gasteiger charge is -2.40. The van der Waals surface area contributed by atoms with Gasteiger partial charge >= 0.3 is 0 Å². The fraction of sp³-hybridized carbons (Fsp3) is 0.462. The Hall–Kier alpha value is -3.02. The van der Waals surface area contributed by atoms with Crippen molar-refractivity contribution in [2.75, 3.05) is 19.9 Å². The molecule has 32 heavy (non-hydrogen) atoms. The molecule has 2 amide bonds. The van der Waals surface area contributed by atoms with E-state index in [1.807, 2.05) is 17.0 Å². The van der Waals surface area contributed by atoms with Crippen molar-refractivity contribution in [3.05, 3.63) is 59.2 Å². The molecule has 1 saturated carbocycles. The number of nitrogens with one attached hydrogen (secondary N) is 1. The second-order valence-corrected chi connectivity index (χ2v) is 9.67. The lowest BCUT2D eigenvalue weighted by atomic mass is 9.73. The summed E-state index contributed by atoms with van der Waals surface area (Å²) in [4.78, 5) is 27.6. The van der Waals surface area contributed by atoms with E-state index in [9.17, 15) is 9.59 Å². The lowest BCUT2D eigenvalue weighted by Crippen LogP contribution is -2.44. The quantitative estimate of drug-likeness (QED) is 0.799. The van der Waals surface area contributed by atoms with Crippen molar-refractivity contribution in [1.29, 1.82) is 0 Å². The molecule has 0 aromatic heterocycles. The Morgan fingerprint density at radius 3 is 2.62 bits per heavy atom. The molecule has 1 atom stereocenters. The Bertz CT molecular complexity index is 1070. The van der Waals surface area contributed by atoms with E-state index in [1.54, 1.807) is 6.07 Å². The van der Waals surface area contributed by atoms with Gasteiger partial charge in [-0.3, -0.25) is 9.59 Å². The van der Waals surface area contributed by atoms with Crippen LogP contribution in [-0.4, -0.2) is 42.6 Å². The number of carbonyl (C=O) groups is 2. The van der Waals surface area contributed by atoms with Crippen LogP contribution >= 0.6 is 0 Å². The van der Waals surface area contributed by atoms with Gasteiger partial charge < -0.3 is 19.7 Å². The fourth-order valence-electron chi connectivity index (χ4n) is 5.77. The first kappa shape index (κ1) is 19.6. The molecule has 2 aromatic carbocycles. The third-order valence-corrected chi connectivity index (χ3v) is 7.61. The van der Waals surface area contributed by atoms with Gasteiger partial charge in [-0.25, -0.2) is 0 Å². The predicted molar refractivity (Wildman–Crippen MR) is 119 cm³/mol. The molecule has 6 rings (SSSR count). The summed E-state index contributed by atoms with van der Waals surface area (Å²) >= 11 is 0. The molecule has 2 aromatic rings. The van der Waals surface area contributed by atoms with E-state index in [1.165, 1.54) is 11.1 Å². The number of rotatable bonds is 4. The third-order valence-electron chi connectivity index (χ3n) is 7.61. The summed E-state index contributed by atoms with van der Waals surface area (Å²) in [5.41, 5.74) is 3.42. The van der Waals surface area contributed by atoms with Crippen LogP contribution < -0.4 is 14.8 Å². The number of ether oxygens (including phenoxy) is 2. The topological polar surface area (TPSA) is 67.9 Å². The minimum Gasteiger partial charge on any atom is -0.454 e. The van der Waals surface area contributed by atoms with Crippen LogP contribution in [0.25, 0.3) is 0 Å². The standard InChI is InChI=1S/C26H28N2O4/c29-24(27-19-6-7-19)14-18-15-26(21-4-2-1-3-20(18)21)9-11-28(12-10-26)25(30)17-5-8-22-23(13-17)32-16-31-22/h1-5,8,13,18-19H,6-7,9-12,14-16H2,(H,27,29). The van der Waals surface area contributed by atoms with Crippen molar-refractivity contribution < 1.29 is 19.1 Å². The Morgan fingerprint density at radius 2 is 1.81 bits per heavy atom. The summed E-state index contributed by atoms with van der Waals surface area (Å²) in [6, 6.07) is 14.4. The SMILES string of the molecule is O=C(CC1CC2(CCN(C(=O)c3ccc4c(c3)OCO4)CC2)c2ccccc21)NC1CC1. The first-order valence-electron chi connectivity index (χ1n) is 11.7. The van der Waals surface area contributed by atoms with Gasteiger partial charge in [0.05, 0.1) is 0 Å². The maximum Gasteiger partial charge on any atom is 0.253 e. The van der Waals surface area contributed by atoms with Gasteiger partial charge in [0, 0.05) is 31.1 Å². The molecule has 1 spiro atoms. The zero-order valence-corrected chi connectivity index (χ0v) is 18.1. The first-order valence-corrected chi connectivity index (χ1v) is 11.7. The number of likely N-dealkylation sites (tertiary alicyclic amines) is 1. The first-order chi connectivity index (χ1) is 15.6. The molecule has 2 heterocycles. The molecular formula is C26H28N2O4. The molecular weight excluding hydrogens is 404 g/mol. The largest absolute Gasteiger partial charge is 0.454 e. The highest BCUT2D eigenvalue weighted by Gasteiger charge is 2.46. The molecule has 2 aliphatic carbocycles. The van der Waals surface area contributed by atoms with Crippen LogP contribution in [-0.2, 0) is 10.2 Å².